The molecule has 0 aliphatic rings. The Balaban J connectivity index is 3.04. The third-order valence-corrected chi connectivity index (χ3v) is 3.32. The molecule has 0 saturated carbocycles. The van der Waals surface area contributed by atoms with Crippen LogP contribution in [0.15, 0.2) is 12.1 Å². The standard InChI is InChI=1S/C13H17ClN2O5/c1-7(6-17)16(2)13(20)15-10-5-11(21-3)8(12(18)19)4-9(10)14/h4-5,7,17H,6H2,1-3H3,(H,15,20)(H,18,19). The molecule has 1 atom stereocenters. The van der Waals surface area contributed by atoms with Crippen LogP contribution < -0.4 is 10.1 Å². The van der Waals surface area contributed by atoms with E-state index in [1.54, 1.807) is 6.92 Å². The first-order chi connectivity index (χ1) is 9.81. The van der Waals surface area contributed by atoms with E-state index < -0.39 is 12.0 Å². The number of hydrogen-bond donors (Lipinski definition) is 3. The molecule has 0 aliphatic carbocycles. The summed E-state index contributed by atoms with van der Waals surface area (Å²) < 4.78 is 4.97. The number of aliphatic hydroxyl groups excluding tert-OH is 1. The molecule has 0 saturated heterocycles. The summed E-state index contributed by atoms with van der Waals surface area (Å²) in [4.78, 5) is 24.3. The van der Waals surface area contributed by atoms with Crippen LogP contribution in [0, 0.1) is 0 Å². The molecule has 1 unspecified atom stereocenters. The maximum Gasteiger partial charge on any atom is 0.339 e. The quantitative estimate of drug-likeness (QED) is 0.770. The van der Waals surface area contributed by atoms with Gasteiger partial charge in [-0.25, -0.2) is 9.59 Å². The van der Waals surface area contributed by atoms with Crippen molar-refractivity contribution in [1.82, 2.24) is 4.90 Å². The number of aromatic carboxylic acids is 1. The molecule has 0 radical (unpaired) electrons. The second kappa shape index (κ2) is 7.14. The minimum Gasteiger partial charge on any atom is -0.496 e. The van der Waals surface area contributed by atoms with Gasteiger partial charge in [-0.1, -0.05) is 11.6 Å². The maximum absolute atomic E-state index is 12.0. The Bertz CT molecular complexity index is 550. The summed E-state index contributed by atoms with van der Waals surface area (Å²) in [5.41, 5.74) is 0.123. The number of ether oxygens (including phenoxy) is 1. The highest BCUT2D eigenvalue weighted by Gasteiger charge is 2.19. The topological polar surface area (TPSA) is 99.1 Å². The van der Waals surface area contributed by atoms with Gasteiger partial charge in [0, 0.05) is 13.1 Å². The molecule has 0 aliphatic heterocycles. The number of nitrogens with zero attached hydrogens (tertiary/aromatic N) is 1. The number of carbonyl (C=O) groups is 2. The number of urea groups is 1. The lowest BCUT2D eigenvalue weighted by atomic mass is 10.2. The van der Waals surface area contributed by atoms with Gasteiger partial charge in [-0.3, -0.25) is 0 Å². The minimum atomic E-state index is -1.18. The highest BCUT2D eigenvalue weighted by atomic mass is 35.5. The van der Waals surface area contributed by atoms with Crippen molar-refractivity contribution in [2.75, 3.05) is 26.1 Å². The van der Waals surface area contributed by atoms with Gasteiger partial charge >= 0.3 is 12.0 Å². The molecular weight excluding hydrogens is 300 g/mol. The molecule has 0 aromatic heterocycles. The number of hydrogen-bond acceptors (Lipinski definition) is 4. The molecule has 0 spiro atoms. The number of carboxylic acids is 1. The molecule has 116 valence electrons. The molecule has 1 aromatic rings. The molecule has 21 heavy (non-hydrogen) atoms. The number of rotatable bonds is 5. The van der Waals surface area contributed by atoms with Gasteiger partial charge in [-0.05, 0) is 13.0 Å². The zero-order valence-electron chi connectivity index (χ0n) is 11.9. The summed E-state index contributed by atoms with van der Waals surface area (Å²) in [5, 5.41) is 20.7. The van der Waals surface area contributed by atoms with Gasteiger partial charge < -0.3 is 25.2 Å². The molecule has 7 nitrogen and oxygen atoms in total. The molecule has 0 heterocycles. The third-order valence-electron chi connectivity index (χ3n) is 3.01. The van der Waals surface area contributed by atoms with E-state index in [1.807, 2.05) is 0 Å². The molecule has 2 amide bonds. The Morgan fingerprint density at radius 2 is 2.10 bits per heavy atom. The van der Waals surface area contributed by atoms with E-state index in [2.05, 4.69) is 5.32 Å². The smallest absolute Gasteiger partial charge is 0.339 e. The van der Waals surface area contributed by atoms with Gasteiger partial charge in [-0.2, -0.15) is 0 Å². The van der Waals surface area contributed by atoms with E-state index in [0.29, 0.717) is 0 Å². The molecular formula is C13H17ClN2O5. The average molecular weight is 317 g/mol. The van der Waals surface area contributed by atoms with Crippen molar-refractivity contribution in [2.45, 2.75) is 13.0 Å². The van der Waals surface area contributed by atoms with Crippen molar-refractivity contribution in [3.8, 4) is 5.75 Å². The Kier molecular flexibility index (Phi) is 5.80. The highest BCUT2D eigenvalue weighted by molar-refractivity contribution is 6.34. The molecule has 1 aromatic carbocycles. The van der Waals surface area contributed by atoms with Crippen LogP contribution in [-0.2, 0) is 0 Å². The van der Waals surface area contributed by atoms with E-state index in [1.165, 1.54) is 31.2 Å². The van der Waals surface area contributed by atoms with Gasteiger partial charge in [0.2, 0.25) is 0 Å². The molecule has 0 fully saturated rings. The first kappa shape index (κ1) is 17.1. The summed E-state index contributed by atoms with van der Waals surface area (Å²) in [7, 11) is 2.84. The fourth-order valence-corrected chi connectivity index (χ4v) is 1.72. The van der Waals surface area contributed by atoms with Crippen molar-refractivity contribution in [3.05, 3.63) is 22.7 Å². The zero-order valence-corrected chi connectivity index (χ0v) is 12.6. The van der Waals surface area contributed by atoms with Gasteiger partial charge in [0.25, 0.3) is 0 Å². The second-order valence-corrected chi connectivity index (χ2v) is 4.82. The maximum atomic E-state index is 12.0. The van der Waals surface area contributed by atoms with Crippen LogP contribution >= 0.6 is 11.6 Å². The fourth-order valence-electron chi connectivity index (χ4n) is 1.51. The third kappa shape index (κ3) is 3.99. The predicted octanol–water partition coefficient (Wildman–Crippen LogP) is 1.89. The number of nitrogens with one attached hydrogen (secondary N) is 1. The van der Waals surface area contributed by atoms with Crippen LogP contribution in [0.1, 0.15) is 17.3 Å². The Morgan fingerprint density at radius 1 is 1.48 bits per heavy atom. The number of carbonyl (C=O) groups excluding carboxylic acids is 1. The van der Waals surface area contributed by atoms with Crippen LogP contribution in [0.25, 0.3) is 0 Å². The molecule has 8 heteroatoms. The van der Waals surface area contributed by atoms with Crippen molar-refractivity contribution >= 4 is 29.3 Å². The molecule has 0 bridgehead atoms. The number of aliphatic hydroxyl groups is 1. The SMILES string of the molecule is COc1cc(NC(=O)N(C)C(C)CO)c(Cl)cc1C(=O)O. The van der Waals surface area contributed by atoms with Gasteiger partial charge in [0.1, 0.15) is 11.3 Å². The first-order valence-electron chi connectivity index (χ1n) is 6.07. The Labute approximate surface area is 127 Å². The Morgan fingerprint density at radius 3 is 2.57 bits per heavy atom. The monoisotopic (exact) mass is 316 g/mol. The van der Waals surface area contributed by atoms with Crippen LogP contribution in [-0.4, -0.2) is 53.9 Å². The average Bonchev–Trinajstić information content (AvgIpc) is 2.46. The van der Waals surface area contributed by atoms with Crippen LogP contribution in [0.2, 0.25) is 5.02 Å². The molecule has 1 rings (SSSR count). The lowest BCUT2D eigenvalue weighted by Gasteiger charge is -2.24. The van der Waals surface area contributed by atoms with Crippen molar-refractivity contribution in [1.29, 1.82) is 0 Å². The van der Waals surface area contributed by atoms with Crippen LogP contribution in [0.4, 0.5) is 10.5 Å². The summed E-state index contributed by atoms with van der Waals surface area (Å²) in [6.45, 7) is 1.49. The largest absolute Gasteiger partial charge is 0.496 e. The van der Waals surface area contributed by atoms with Crippen molar-refractivity contribution in [3.63, 3.8) is 0 Å². The highest BCUT2D eigenvalue weighted by Crippen LogP contribution is 2.31. The number of methoxy groups -OCH3 is 1. The number of benzene rings is 1. The summed E-state index contributed by atoms with van der Waals surface area (Å²) in [5.74, 6) is -1.10. The molecule has 3 N–H and O–H groups in total. The number of anilines is 1. The summed E-state index contributed by atoms with van der Waals surface area (Å²) in [6.07, 6.45) is 0. The summed E-state index contributed by atoms with van der Waals surface area (Å²) in [6, 6.07) is 1.68. The first-order valence-corrected chi connectivity index (χ1v) is 6.45. The number of amides is 2. The predicted molar refractivity (Wildman–Crippen MR) is 78.3 cm³/mol. The fraction of sp³-hybridized carbons (Fsp3) is 0.385. The van der Waals surface area contributed by atoms with E-state index in [-0.39, 0.29) is 34.7 Å². The number of carboxylic acid groups (broad SMARTS) is 1. The van der Waals surface area contributed by atoms with E-state index in [9.17, 15) is 9.59 Å². The van der Waals surface area contributed by atoms with Gasteiger partial charge in [0.15, 0.2) is 0 Å². The summed E-state index contributed by atoms with van der Waals surface area (Å²) >= 11 is 5.96. The van der Waals surface area contributed by atoms with E-state index in [4.69, 9.17) is 26.6 Å². The second-order valence-electron chi connectivity index (χ2n) is 4.41. The number of likely N-dealkylation sites (N-methyl/N-ethyl adjacent to an activating group) is 1. The van der Waals surface area contributed by atoms with Crippen LogP contribution in [0.5, 0.6) is 5.75 Å². The minimum absolute atomic E-state index is 0.0756. The van der Waals surface area contributed by atoms with Gasteiger partial charge in [0.05, 0.1) is 30.5 Å². The van der Waals surface area contributed by atoms with E-state index in [0.717, 1.165) is 0 Å². The van der Waals surface area contributed by atoms with Crippen LogP contribution in [0.3, 0.4) is 0 Å². The lowest BCUT2D eigenvalue weighted by Crippen LogP contribution is -2.40. The lowest BCUT2D eigenvalue weighted by molar-refractivity contribution is 0.0693. The Hall–Kier alpha value is -1.99. The van der Waals surface area contributed by atoms with Crippen molar-refractivity contribution < 1.29 is 24.5 Å². The number of halogens is 1. The normalized spacial score (nSPS) is 11.7. The zero-order chi connectivity index (χ0) is 16.2. The van der Waals surface area contributed by atoms with Crippen molar-refractivity contribution in [2.24, 2.45) is 0 Å². The van der Waals surface area contributed by atoms with Gasteiger partial charge in [-0.15, -0.1) is 0 Å². The van der Waals surface area contributed by atoms with E-state index >= 15 is 0 Å².